The Bertz CT molecular complexity index is 678. The first kappa shape index (κ1) is 17.8. The van der Waals surface area contributed by atoms with E-state index in [4.69, 9.17) is 0 Å². The van der Waals surface area contributed by atoms with Crippen LogP contribution in [0.1, 0.15) is 72.6 Å². The summed E-state index contributed by atoms with van der Waals surface area (Å²) in [6.07, 6.45) is 8.35. The first-order chi connectivity index (χ1) is 11.8. The average Bonchev–Trinajstić information content (AvgIpc) is 2.84. The van der Waals surface area contributed by atoms with Crippen LogP contribution in [0, 0.1) is 23.7 Å². The van der Waals surface area contributed by atoms with Gasteiger partial charge in [-0.3, -0.25) is 14.5 Å². The van der Waals surface area contributed by atoms with E-state index in [1.165, 1.54) is 37.0 Å². The van der Waals surface area contributed by atoms with Gasteiger partial charge in [0.2, 0.25) is 0 Å². The van der Waals surface area contributed by atoms with E-state index in [1.807, 2.05) is 0 Å². The van der Waals surface area contributed by atoms with Gasteiger partial charge in [0.25, 0.3) is 11.8 Å². The molecule has 1 aliphatic heterocycles. The van der Waals surface area contributed by atoms with Gasteiger partial charge < -0.3 is 0 Å². The number of hydrogen-bond acceptors (Lipinski definition) is 2. The van der Waals surface area contributed by atoms with Crippen molar-refractivity contribution in [1.29, 1.82) is 0 Å². The Hall–Kier alpha value is -2.52. The molecule has 124 valence electrons. The highest BCUT2D eigenvalue weighted by Crippen LogP contribution is 2.21. The Morgan fingerprint density at radius 3 is 2.08 bits per heavy atom. The van der Waals surface area contributed by atoms with E-state index < -0.39 is 0 Å². The van der Waals surface area contributed by atoms with Gasteiger partial charge in [-0.15, -0.1) is 0 Å². The summed E-state index contributed by atoms with van der Waals surface area (Å²) in [5.41, 5.74) is 0.914. The number of benzene rings is 1. The van der Waals surface area contributed by atoms with Crippen molar-refractivity contribution < 1.29 is 9.59 Å². The number of nitrogens with zero attached hydrogens (tertiary/aromatic N) is 1. The maximum atomic E-state index is 12.1. The number of unbranched alkanes of at least 4 members (excludes halogenated alkanes) is 6. The highest BCUT2D eigenvalue weighted by atomic mass is 16.2. The maximum absolute atomic E-state index is 12.1. The fourth-order valence-electron chi connectivity index (χ4n) is 2.65. The lowest BCUT2D eigenvalue weighted by Crippen LogP contribution is -2.29. The Labute approximate surface area is 144 Å². The molecule has 2 amide bonds. The molecule has 0 radical (unpaired) electrons. The molecule has 0 fully saturated rings. The molecule has 1 aromatic rings. The van der Waals surface area contributed by atoms with Crippen molar-refractivity contribution >= 4 is 11.8 Å². The molecule has 0 saturated heterocycles. The Kier molecular flexibility index (Phi) is 7.12. The summed E-state index contributed by atoms with van der Waals surface area (Å²) in [5.74, 6) is 10.8. The van der Waals surface area contributed by atoms with Gasteiger partial charge in [0.15, 0.2) is 0 Å². The molecule has 0 bridgehead atoms. The number of carbonyl (C=O) groups is 2. The number of hydrogen-bond donors (Lipinski definition) is 0. The molecule has 0 spiro atoms. The van der Waals surface area contributed by atoms with Crippen LogP contribution in [-0.2, 0) is 0 Å². The molecular weight excluding hydrogens is 298 g/mol. The summed E-state index contributed by atoms with van der Waals surface area (Å²) in [6.45, 7) is 2.31. The average molecular weight is 321 g/mol. The molecule has 3 nitrogen and oxygen atoms in total. The zero-order chi connectivity index (χ0) is 17.2. The quantitative estimate of drug-likeness (QED) is 0.432. The van der Waals surface area contributed by atoms with E-state index in [-0.39, 0.29) is 18.4 Å². The van der Waals surface area contributed by atoms with Gasteiger partial charge in [0.1, 0.15) is 0 Å². The van der Waals surface area contributed by atoms with Gasteiger partial charge in [-0.05, 0) is 30.4 Å². The maximum Gasteiger partial charge on any atom is 0.262 e. The van der Waals surface area contributed by atoms with Crippen LogP contribution < -0.4 is 0 Å². The summed E-state index contributed by atoms with van der Waals surface area (Å²) in [7, 11) is 0. The molecule has 1 heterocycles. The monoisotopic (exact) mass is 321 g/mol. The van der Waals surface area contributed by atoms with Crippen LogP contribution in [0.3, 0.4) is 0 Å². The van der Waals surface area contributed by atoms with E-state index in [0.29, 0.717) is 11.1 Å². The Balaban J connectivity index is 1.72. The number of fused-ring (bicyclic) bond motifs is 1. The van der Waals surface area contributed by atoms with Gasteiger partial charge in [-0.1, -0.05) is 63.0 Å². The van der Waals surface area contributed by atoms with Crippen LogP contribution >= 0.6 is 0 Å². The number of rotatable bonds is 7. The minimum atomic E-state index is -0.273. The predicted molar refractivity (Wildman–Crippen MR) is 95.4 cm³/mol. The smallest absolute Gasteiger partial charge is 0.262 e. The second-order valence-electron chi connectivity index (χ2n) is 5.86. The summed E-state index contributed by atoms with van der Waals surface area (Å²) >= 11 is 0. The Morgan fingerprint density at radius 1 is 0.833 bits per heavy atom. The van der Waals surface area contributed by atoms with Crippen LogP contribution in [0.2, 0.25) is 0 Å². The lowest BCUT2D eigenvalue weighted by Gasteiger charge is -2.08. The zero-order valence-corrected chi connectivity index (χ0v) is 14.2. The predicted octanol–water partition coefficient (Wildman–Crippen LogP) is 4.04. The first-order valence-corrected chi connectivity index (χ1v) is 8.66. The van der Waals surface area contributed by atoms with Crippen molar-refractivity contribution in [3.8, 4) is 23.7 Å². The standard InChI is InChI=1S/C21H23NO2/c1-2-3-4-5-6-7-8-9-10-11-14-17-22-20(23)18-15-12-13-16-19(18)21(22)24/h12-13,15-16H,2-8,17H2,1H3. The normalized spacial score (nSPS) is 12.3. The lowest BCUT2D eigenvalue weighted by atomic mass is 10.1. The molecule has 0 unspecified atom stereocenters. The summed E-state index contributed by atoms with van der Waals surface area (Å²) in [6, 6.07) is 6.85. The molecule has 3 heteroatoms. The van der Waals surface area contributed by atoms with Crippen LogP contribution in [-0.4, -0.2) is 23.3 Å². The van der Waals surface area contributed by atoms with Crippen molar-refractivity contribution in [3.05, 3.63) is 35.4 Å². The molecule has 1 aromatic carbocycles. The summed E-state index contributed by atoms with van der Waals surface area (Å²) in [5, 5.41) is 0. The van der Waals surface area contributed by atoms with Crippen molar-refractivity contribution in [2.24, 2.45) is 0 Å². The zero-order valence-electron chi connectivity index (χ0n) is 14.2. The van der Waals surface area contributed by atoms with E-state index in [0.717, 1.165) is 12.8 Å². The van der Waals surface area contributed by atoms with Gasteiger partial charge in [-0.2, -0.15) is 0 Å². The second-order valence-corrected chi connectivity index (χ2v) is 5.86. The summed E-state index contributed by atoms with van der Waals surface area (Å²) in [4.78, 5) is 25.4. The second kappa shape index (κ2) is 9.58. The molecule has 1 aliphatic rings. The third-order valence-corrected chi connectivity index (χ3v) is 4.01. The first-order valence-electron chi connectivity index (χ1n) is 8.66. The van der Waals surface area contributed by atoms with E-state index in [1.54, 1.807) is 24.3 Å². The summed E-state index contributed by atoms with van der Waals surface area (Å²) < 4.78 is 0. The lowest BCUT2D eigenvalue weighted by molar-refractivity contribution is 0.0675. The third-order valence-electron chi connectivity index (χ3n) is 4.01. The molecule has 0 saturated carbocycles. The fourth-order valence-corrected chi connectivity index (χ4v) is 2.65. The van der Waals surface area contributed by atoms with Crippen molar-refractivity contribution in [2.45, 2.75) is 51.9 Å². The topological polar surface area (TPSA) is 37.4 Å². The molecule has 0 aliphatic carbocycles. The van der Waals surface area contributed by atoms with Crippen molar-refractivity contribution in [3.63, 3.8) is 0 Å². The number of imide groups is 1. The van der Waals surface area contributed by atoms with E-state index in [2.05, 4.69) is 30.6 Å². The Morgan fingerprint density at radius 2 is 1.42 bits per heavy atom. The van der Waals surface area contributed by atoms with Gasteiger partial charge in [0.05, 0.1) is 17.7 Å². The van der Waals surface area contributed by atoms with Crippen molar-refractivity contribution in [1.82, 2.24) is 4.90 Å². The molecule has 24 heavy (non-hydrogen) atoms. The van der Waals surface area contributed by atoms with Gasteiger partial charge >= 0.3 is 0 Å². The molecule has 0 atom stereocenters. The van der Waals surface area contributed by atoms with Crippen LogP contribution in [0.4, 0.5) is 0 Å². The number of carbonyl (C=O) groups excluding carboxylic acids is 2. The minimum Gasteiger partial charge on any atom is -0.269 e. The highest BCUT2D eigenvalue weighted by Gasteiger charge is 2.34. The van der Waals surface area contributed by atoms with Crippen LogP contribution in [0.15, 0.2) is 24.3 Å². The van der Waals surface area contributed by atoms with Gasteiger partial charge in [0, 0.05) is 6.42 Å². The highest BCUT2D eigenvalue weighted by molar-refractivity contribution is 6.21. The molecule has 2 rings (SSSR count). The van der Waals surface area contributed by atoms with E-state index >= 15 is 0 Å². The minimum absolute atomic E-state index is 0.0953. The van der Waals surface area contributed by atoms with Crippen LogP contribution in [0.5, 0.6) is 0 Å². The third kappa shape index (κ3) is 4.74. The van der Waals surface area contributed by atoms with Gasteiger partial charge in [-0.25, -0.2) is 0 Å². The largest absolute Gasteiger partial charge is 0.269 e. The van der Waals surface area contributed by atoms with E-state index in [9.17, 15) is 9.59 Å². The molecule has 0 N–H and O–H groups in total. The number of amides is 2. The molecular formula is C21H23NO2. The van der Waals surface area contributed by atoms with Crippen LogP contribution in [0.25, 0.3) is 0 Å². The fraction of sp³-hybridized carbons (Fsp3) is 0.429. The molecule has 0 aromatic heterocycles. The SMILES string of the molecule is CCCCCCCCC#CC#CCN1C(=O)c2ccccc2C1=O. The van der Waals surface area contributed by atoms with Crippen molar-refractivity contribution in [2.75, 3.05) is 6.54 Å².